The Morgan fingerprint density at radius 3 is 0.950 bits per heavy atom. The Balaban J connectivity index is -0.0000296. The van der Waals surface area contributed by atoms with Gasteiger partial charge in [0.2, 0.25) is 6.29 Å². The van der Waals surface area contributed by atoms with E-state index in [2.05, 4.69) is 20.8 Å². The van der Waals surface area contributed by atoms with Crippen LogP contribution in [0.1, 0.15) is 266 Å². The molecule has 0 saturated heterocycles. The number of nitrogens with zero attached hydrogens (tertiary/aromatic N) is 2. The Kier molecular flexibility index (Phi) is 54.0. The third-order valence-electron chi connectivity index (χ3n) is 14.6. The summed E-state index contributed by atoms with van der Waals surface area (Å²) in [6, 6.07) is 0. The molecule has 0 heterocycles. The first-order chi connectivity index (χ1) is 37.2. The summed E-state index contributed by atoms with van der Waals surface area (Å²) in [6.45, 7) is 10.9. The van der Waals surface area contributed by atoms with Crippen molar-refractivity contribution in [2.75, 3.05) is 67.6 Å². The lowest BCUT2D eigenvalue weighted by Gasteiger charge is -2.30. The SMILES string of the molecule is CCCCCCCCCC(OC(=O)CCCCCCCC(O)C(CCCCCCCC)OC(=O)C[N+](C)(C)CCOC(C)=O)OC(=O)CCCCCCCC(O)C(CCCCCCCC)OC(=O)C[N+](C)(C)CCOC(C)=O.[Cl-].[Cl-]. The molecular weight excluding hydrogens is 1070 g/mol. The van der Waals surface area contributed by atoms with Crippen LogP contribution in [0.3, 0.4) is 0 Å². The second-order valence-corrected chi connectivity index (χ2v) is 23.6. The highest BCUT2D eigenvalue weighted by molar-refractivity contribution is 5.72. The Morgan fingerprint density at radius 1 is 0.362 bits per heavy atom. The minimum Gasteiger partial charge on any atom is -1.00 e. The lowest BCUT2D eigenvalue weighted by molar-refractivity contribution is -0.883. The number of carbonyl (C=O) groups excluding carboxylic acids is 6. The summed E-state index contributed by atoms with van der Waals surface area (Å²) in [5, 5.41) is 22.4. The van der Waals surface area contributed by atoms with Crippen molar-refractivity contribution in [3.8, 4) is 0 Å². The van der Waals surface area contributed by atoms with Crippen LogP contribution in [0.25, 0.3) is 0 Å². The maximum absolute atomic E-state index is 13.1. The van der Waals surface area contributed by atoms with Gasteiger partial charge < -0.3 is 72.4 Å². The third kappa shape index (κ3) is 50.9. The van der Waals surface area contributed by atoms with Crippen LogP contribution in [-0.2, 0) is 57.2 Å². The fraction of sp³-hybridized carbons (Fsp3) is 0.903. The fourth-order valence-corrected chi connectivity index (χ4v) is 9.55. The minimum absolute atomic E-state index is 0. The van der Waals surface area contributed by atoms with E-state index < -0.39 is 30.7 Å². The molecule has 0 radical (unpaired) electrons. The van der Waals surface area contributed by atoms with E-state index in [1.807, 2.05) is 28.2 Å². The van der Waals surface area contributed by atoms with Gasteiger partial charge in [0, 0.05) is 33.1 Å². The summed E-state index contributed by atoms with van der Waals surface area (Å²) < 4.78 is 34.1. The van der Waals surface area contributed by atoms with E-state index in [4.69, 9.17) is 28.4 Å². The van der Waals surface area contributed by atoms with Crippen molar-refractivity contribution in [1.82, 2.24) is 0 Å². The highest BCUT2D eigenvalue weighted by atomic mass is 35.5. The maximum atomic E-state index is 13.1. The van der Waals surface area contributed by atoms with E-state index in [-0.39, 0.29) is 99.8 Å². The van der Waals surface area contributed by atoms with Gasteiger partial charge in [-0.3, -0.25) is 19.2 Å². The first-order valence-electron chi connectivity index (χ1n) is 31.3. The Labute approximate surface area is 498 Å². The predicted octanol–water partition coefficient (Wildman–Crippen LogP) is 6.33. The molecule has 0 aromatic carbocycles. The Hall–Kier alpha value is -2.76. The van der Waals surface area contributed by atoms with Gasteiger partial charge in [-0.1, -0.05) is 175 Å². The van der Waals surface area contributed by atoms with Crippen molar-refractivity contribution in [3.05, 3.63) is 0 Å². The van der Waals surface area contributed by atoms with E-state index in [0.717, 1.165) is 116 Å². The number of quaternary nitrogens is 2. The smallest absolute Gasteiger partial charge is 0.362 e. The number of aliphatic hydroxyl groups is 2. The van der Waals surface area contributed by atoms with E-state index in [1.54, 1.807) is 0 Å². The van der Waals surface area contributed by atoms with Gasteiger partial charge in [0.25, 0.3) is 0 Å². The zero-order chi connectivity index (χ0) is 58.3. The number of likely N-dealkylation sites (N-methyl/N-ethyl adjacent to an activating group) is 2. The Bertz CT molecular complexity index is 1450. The molecule has 4 atom stereocenters. The second kappa shape index (κ2) is 53.0. The van der Waals surface area contributed by atoms with Gasteiger partial charge in [-0.25, -0.2) is 9.59 Å². The van der Waals surface area contributed by atoms with Crippen LogP contribution in [0.4, 0.5) is 0 Å². The van der Waals surface area contributed by atoms with Gasteiger partial charge in [0.05, 0.1) is 40.4 Å². The number of hydrogen-bond acceptors (Lipinski definition) is 14. The summed E-state index contributed by atoms with van der Waals surface area (Å²) in [6.07, 6.45) is 28.3. The van der Waals surface area contributed by atoms with Gasteiger partial charge in [0.1, 0.15) is 38.5 Å². The average molecular weight is 1190 g/mol. The first kappa shape index (κ1) is 81.5. The molecule has 2 N–H and O–H groups in total. The van der Waals surface area contributed by atoms with Crippen LogP contribution in [0, 0.1) is 0 Å². The van der Waals surface area contributed by atoms with E-state index in [1.165, 1.54) is 71.6 Å². The normalized spacial score (nSPS) is 13.4. The Morgan fingerprint density at radius 2 is 0.637 bits per heavy atom. The number of hydrogen-bond donors (Lipinski definition) is 2. The van der Waals surface area contributed by atoms with E-state index >= 15 is 0 Å². The molecule has 0 aromatic rings. The van der Waals surface area contributed by atoms with Gasteiger partial charge >= 0.3 is 35.8 Å². The lowest BCUT2D eigenvalue weighted by atomic mass is 9.99. The van der Waals surface area contributed by atoms with E-state index in [0.29, 0.717) is 67.0 Å². The molecule has 0 saturated carbocycles. The molecule has 0 bridgehead atoms. The topological polar surface area (TPSA) is 198 Å². The van der Waals surface area contributed by atoms with Crippen molar-refractivity contribution in [1.29, 1.82) is 0 Å². The zero-order valence-corrected chi connectivity index (χ0v) is 53.5. The van der Waals surface area contributed by atoms with Crippen molar-refractivity contribution in [3.63, 3.8) is 0 Å². The van der Waals surface area contributed by atoms with Gasteiger partial charge in [-0.05, 0) is 57.8 Å². The molecule has 16 nitrogen and oxygen atoms in total. The number of carbonyl (C=O) groups is 6. The summed E-state index contributed by atoms with van der Waals surface area (Å²) in [5.41, 5.74) is 0. The molecule has 18 heteroatoms. The summed E-state index contributed by atoms with van der Waals surface area (Å²) in [5.74, 6) is -2.21. The quantitative estimate of drug-likeness (QED) is 0.0225. The van der Waals surface area contributed by atoms with Gasteiger partial charge in [0.15, 0.2) is 13.1 Å². The first-order valence-corrected chi connectivity index (χ1v) is 31.3. The summed E-state index contributed by atoms with van der Waals surface area (Å²) in [4.78, 5) is 74.7. The van der Waals surface area contributed by atoms with E-state index in [9.17, 15) is 39.0 Å². The van der Waals surface area contributed by atoms with Crippen LogP contribution in [-0.4, -0.2) is 153 Å². The molecule has 0 rings (SSSR count). The number of rotatable bonds is 54. The zero-order valence-electron chi connectivity index (χ0n) is 52.0. The highest BCUT2D eigenvalue weighted by Gasteiger charge is 2.30. The van der Waals surface area contributed by atoms with Crippen molar-refractivity contribution in [2.24, 2.45) is 0 Å². The fourth-order valence-electron chi connectivity index (χ4n) is 9.55. The number of ether oxygens (including phenoxy) is 6. The number of aliphatic hydroxyl groups excluding tert-OH is 2. The number of esters is 6. The standard InChI is InChI=1S/C62H118N2O14.2ClH/c1-10-13-16-19-22-31-38-45-62(77-58(69)43-36-29-23-25-32-39-54(67)56(41-34-27-20-17-14-11-2)75-60(71)50-63(6,7)46-48-73-52(4)65)78-59(70)44-37-30-24-26-33-40-55(68)57(42-35-28-21-18-15-12-3)76-61(72)51-64(8,9)47-49-74-53(5)66;;/h54-57,62,67-68H,10-51H2,1-9H3;2*1H/q+2;;/p-2. The minimum atomic E-state index is -0.906. The molecule has 0 aliphatic heterocycles. The summed E-state index contributed by atoms with van der Waals surface area (Å²) in [7, 11) is 7.54. The average Bonchev–Trinajstić information content (AvgIpc) is 3.35. The number of halogens is 2. The molecule has 0 amide bonds. The van der Waals surface area contributed by atoms with Crippen LogP contribution in [0.15, 0.2) is 0 Å². The predicted molar refractivity (Wildman–Crippen MR) is 308 cm³/mol. The highest BCUT2D eigenvalue weighted by Crippen LogP contribution is 2.22. The molecule has 0 spiro atoms. The van der Waals surface area contributed by atoms with Crippen LogP contribution < -0.4 is 24.8 Å². The molecule has 0 aliphatic rings. The molecule has 0 aromatic heterocycles. The third-order valence-corrected chi connectivity index (χ3v) is 14.6. The van der Waals surface area contributed by atoms with Gasteiger partial charge in [-0.15, -0.1) is 0 Å². The maximum Gasteiger partial charge on any atom is 0.362 e. The van der Waals surface area contributed by atoms with Crippen LogP contribution in [0.2, 0.25) is 0 Å². The van der Waals surface area contributed by atoms with Crippen LogP contribution in [0.5, 0.6) is 0 Å². The molecule has 80 heavy (non-hydrogen) atoms. The lowest BCUT2D eigenvalue weighted by Crippen LogP contribution is -3.00. The largest absolute Gasteiger partial charge is 1.00 e. The number of unbranched alkanes of at least 4 members (excludes halogenated alkanes) is 24. The second-order valence-electron chi connectivity index (χ2n) is 23.6. The van der Waals surface area contributed by atoms with Crippen LogP contribution >= 0.6 is 0 Å². The molecular formula is C62H118Cl2N2O14. The van der Waals surface area contributed by atoms with Crippen molar-refractivity contribution in [2.45, 2.75) is 296 Å². The molecule has 0 fully saturated rings. The van der Waals surface area contributed by atoms with Gasteiger partial charge in [-0.2, -0.15) is 0 Å². The molecule has 474 valence electrons. The van der Waals surface area contributed by atoms with Crippen molar-refractivity contribution >= 4 is 35.8 Å². The van der Waals surface area contributed by atoms with Crippen molar-refractivity contribution < 1.29 is 101 Å². The molecule has 4 unspecified atom stereocenters. The monoisotopic (exact) mass is 1180 g/mol. The molecule has 0 aliphatic carbocycles. The summed E-state index contributed by atoms with van der Waals surface area (Å²) >= 11 is 0.